The Kier molecular flexibility index (Phi) is 4.38. The third-order valence-electron chi connectivity index (χ3n) is 3.35. The second-order valence-electron chi connectivity index (χ2n) is 4.81. The lowest BCUT2D eigenvalue weighted by atomic mass is 10.0. The molecule has 0 fully saturated rings. The summed E-state index contributed by atoms with van der Waals surface area (Å²) in [4.78, 5) is 0. The Balaban J connectivity index is 2.25. The smallest absolute Gasteiger partial charge is 0.0723 e. The Morgan fingerprint density at radius 3 is 2.16 bits per heavy atom. The maximum Gasteiger partial charge on any atom is 0.0723 e. The SMILES string of the molecule is Cc1ccc(C(C)Nc2c(Cl)cccc2Cl)cc1C. The molecule has 0 spiro atoms. The van der Waals surface area contributed by atoms with E-state index in [-0.39, 0.29) is 6.04 Å². The van der Waals surface area contributed by atoms with Crippen LogP contribution in [0, 0.1) is 13.8 Å². The predicted molar refractivity (Wildman–Crippen MR) is 84.4 cm³/mol. The van der Waals surface area contributed by atoms with E-state index in [1.165, 1.54) is 16.7 Å². The Bertz CT molecular complexity index is 573. The molecule has 0 aromatic heterocycles. The summed E-state index contributed by atoms with van der Waals surface area (Å²) in [6, 6.07) is 12.1. The molecule has 2 rings (SSSR count). The van der Waals surface area contributed by atoms with Gasteiger partial charge < -0.3 is 5.32 Å². The molecule has 0 radical (unpaired) electrons. The molecule has 2 aromatic rings. The molecule has 1 unspecified atom stereocenters. The molecule has 0 saturated heterocycles. The number of hydrogen-bond acceptors (Lipinski definition) is 1. The molecule has 1 nitrogen and oxygen atoms in total. The average Bonchev–Trinajstić information content (AvgIpc) is 2.37. The fourth-order valence-electron chi connectivity index (χ4n) is 1.97. The van der Waals surface area contributed by atoms with Crippen LogP contribution in [0.5, 0.6) is 0 Å². The fraction of sp³-hybridized carbons (Fsp3) is 0.250. The summed E-state index contributed by atoms with van der Waals surface area (Å²) in [6.45, 7) is 6.33. The van der Waals surface area contributed by atoms with Gasteiger partial charge in [-0.25, -0.2) is 0 Å². The van der Waals surface area contributed by atoms with Crippen molar-refractivity contribution in [2.75, 3.05) is 5.32 Å². The van der Waals surface area contributed by atoms with Crippen molar-refractivity contribution >= 4 is 28.9 Å². The number of anilines is 1. The summed E-state index contributed by atoms with van der Waals surface area (Å²) in [6.07, 6.45) is 0. The van der Waals surface area contributed by atoms with E-state index in [1.54, 1.807) is 0 Å². The molecule has 0 heterocycles. The van der Waals surface area contributed by atoms with E-state index < -0.39 is 0 Å². The second-order valence-corrected chi connectivity index (χ2v) is 5.62. The van der Waals surface area contributed by atoms with Gasteiger partial charge in [-0.15, -0.1) is 0 Å². The van der Waals surface area contributed by atoms with E-state index in [1.807, 2.05) is 18.2 Å². The van der Waals surface area contributed by atoms with Crippen LogP contribution in [0.1, 0.15) is 29.7 Å². The lowest BCUT2D eigenvalue weighted by molar-refractivity contribution is 0.882. The van der Waals surface area contributed by atoms with Gasteiger partial charge in [0.2, 0.25) is 0 Å². The molecule has 1 N–H and O–H groups in total. The largest absolute Gasteiger partial charge is 0.376 e. The number of halogens is 2. The first-order chi connectivity index (χ1) is 8.99. The fourth-order valence-corrected chi connectivity index (χ4v) is 2.48. The molecule has 2 aromatic carbocycles. The molecule has 0 aliphatic carbocycles. The molecule has 0 amide bonds. The number of aryl methyl sites for hydroxylation is 2. The number of benzene rings is 2. The van der Waals surface area contributed by atoms with Gasteiger partial charge in [0.15, 0.2) is 0 Å². The minimum Gasteiger partial charge on any atom is -0.376 e. The highest BCUT2D eigenvalue weighted by atomic mass is 35.5. The summed E-state index contributed by atoms with van der Waals surface area (Å²) in [5.74, 6) is 0. The first-order valence-electron chi connectivity index (χ1n) is 6.26. The van der Waals surface area contributed by atoms with Crippen molar-refractivity contribution in [3.05, 3.63) is 63.1 Å². The molecule has 0 aliphatic rings. The number of hydrogen-bond donors (Lipinski definition) is 1. The lowest BCUT2D eigenvalue weighted by Crippen LogP contribution is -2.08. The number of rotatable bonds is 3. The zero-order chi connectivity index (χ0) is 14.0. The Morgan fingerprint density at radius 1 is 0.947 bits per heavy atom. The van der Waals surface area contributed by atoms with Crippen molar-refractivity contribution in [2.24, 2.45) is 0 Å². The van der Waals surface area contributed by atoms with E-state index in [0.29, 0.717) is 10.0 Å². The quantitative estimate of drug-likeness (QED) is 0.756. The highest BCUT2D eigenvalue weighted by Gasteiger charge is 2.11. The van der Waals surface area contributed by atoms with Crippen LogP contribution < -0.4 is 5.32 Å². The molecule has 0 aliphatic heterocycles. The first-order valence-corrected chi connectivity index (χ1v) is 7.02. The van der Waals surface area contributed by atoms with Crippen molar-refractivity contribution in [2.45, 2.75) is 26.8 Å². The summed E-state index contributed by atoms with van der Waals surface area (Å²) in [7, 11) is 0. The van der Waals surface area contributed by atoms with Gasteiger partial charge in [-0.1, -0.05) is 47.5 Å². The standard InChI is InChI=1S/C16H17Cl2N/c1-10-7-8-13(9-11(10)2)12(3)19-16-14(17)5-4-6-15(16)18/h4-9,12,19H,1-3H3. The first kappa shape index (κ1) is 14.2. The van der Waals surface area contributed by atoms with Gasteiger partial charge in [0.1, 0.15) is 0 Å². The van der Waals surface area contributed by atoms with Crippen LogP contribution in [0.4, 0.5) is 5.69 Å². The summed E-state index contributed by atoms with van der Waals surface area (Å²) < 4.78 is 0. The molecule has 3 heteroatoms. The van der Waals surface area contributed by atoms with Gasteiger partial charge in [-0.3, -0.25) is 0 Å². The van der Waals surface area contributed by atoms with Gasteiger partial charge >= 0.3 is 0 Å². The maximum absolute atomic E-state index is 6.17. The van der Waals surface area contributed by atoms with E-state index in [0.717, 1.165) is 5.69 Å². The Labute approximate surface area is 124 Å². The summed E-state index contributed by atoms with van der Waals surface area (Å²) in [5.41, 5.74) is 4.60. The molecule has 0 saturated carbocycles. The third kappa shape index (κ3) is 3.23. The van der Waals surface area contributed by atoms with E-state index in [9.17, 15) is 0 Å². The van der Waals surface area contributed by atoms with Crippen LogP contribution in [-0.2, 0) is 0 Å². The van der Waals surface area contributed by atoms with Crippen molar-refractivity contribution in [3.63, 3.8) is 0 Å². The topological polar surface area (TPSA) is 12.0 Å². The molecule has 100 valence electrons. The molecule has 0 bridgehead atoms. The van der Waals surface area contributed by atoms with Crippen molar-refractivity contribution in [1.82, 2.24) is 0 Å². The average molecular weight is 294 g/mol. The number of nitrogens with one attached hydrogen (secondary N) is 1. The maximum atomic E-state index is 6.17. The zero-order valence-corrected chi connectivity index (χ0v) is 12.8. The summed E-state index contributed by atoms with van der Waals surface area (Å²) in [5, 5.41) is 4.66. The molecular weight excluding hydrogens is 277 g/mol. The lowest BCUT2D eigenvalue weighted by Gasteiger charge is -2.18. The van der Waals surface area contributed by atoms with E-state index in [2.05, 4.69) is 44.3 Å². The van der Waals surface area contributed by atoms with Gasteiger partial charge in [0.05, 0.1) is 15.7 Å². The van der Waals surface area contributed by atoms with Gasteiger partial charge in [-0.2, -0.15) is 0 Å². The van der Waals surface area contributed by atoms with Gasteiger partial charge in [-0.05, 0) is 49.6 Å². The molecule has 19 heavy (non-hydrogen) atoms. The van der Waals surface area contributed by atoms with Gasteiger partial charge in [0.25, 0.3) is 0 Å². The van der Waals surface area contributed by atoms with E-state index in [4.69, 9.17) is 23.2 Å². The van der Waals surface area contributed by atoms with Crippen LogP contribution in [0.15, 0.2) is 36.4 Å². The van der Waals surface area contributed by atoms with Crippen LogP contribution in [0.2, 0.25) is 10.0 Å². The van der Waals surface area contributed by atoms with Crippen molar-refractivity contribution < 1.29 is 0 Å². The van der Waals surface area contributed by atoms with Crippen molar-refractivity contribution in [3.8, 4) is 0 Å². The van der Waals surface area contributed by atoms with Crippen LogP contribution in [-0.4, -0.2) is 0 Å². The minimum atomic E-state index is 0.150. The summed E-state index contributed by atoms with van der Waals surface area (Å²) >= 11 is 12.3. The Morgan fingerprint density at radius 2 is 1.58 bits per heavy atom. The third-order valence-corrected chi connectivity index (χ3v) is 3.98. The zero-order valence-electron chi connectivity index (χ0n) is 11.3. The monoisotopic (exact) mass is 293 g/mol. The second kappa shape index (κ2) is 5.85. The van der Waals surface area contributed by atoms with Crippen LogP contribution in [0.25, 0.3) is 0 Å². The van der Waals surface area contributed by atoms with Gasteiger partial charge in [0, 0.05) is 6.04 Å². The number of para-hydroxylation sites is 1. The highest BCUT2D eigenvalue weighted by Crippen LogP contribution is 2.33. The van der Waals surface area contributed by atoms with E-state index >= 15 is 0 Å². The normalized spacial score (nSPS) is 12.3. The minimum absolute atomic E-state index is 0.150. The van der Waals surface area contributed by atoms with Crippen molar-refractivity contribution in [1.29, 1.82) is 0 Å². The molecule has 1 atom stereocenters. The molecular formula is C16H17Cl2N. The van der Waals surface area contributed by atoms with Crippen LogP contribution in [0.3, 0.4) is 0 Å². The highest BCUT2D eigenvalue weighted by molar-refractivity contribution is 6.39. The Hall–Kier alpha value is -1.18. The van der Waals surface area contributed by atoms with Crippen LogP contribution >= 0.6 is 23.2 Å². The predicted octanol–water partition coefficient (Wildman–Crippen LogP) is 5.78.